The van der Waals surface area contributed by atoms with E-state index in [0.717, 1.165) is 11.3 Å². The van der Waals surface area contributed by atoms with Gasteiger partial charge in [-0.1, -0.05) is 6.07 Å². The monoisotopic (exact) mass is 279 g/mol. The SMILES string of the molecule is Cc1c(C(=O)NCCS)cccc1N1CCNC1=O. The molecule has 6 heteroatoms. The van der Waals surface area contributed by atoms with E-state index in [2.05, 4.69) is 23.3 Å². The van der Waals surface area contributed by atoms with Gasteiger partial charge in [0.1, 0.15) is 0 Å². The van der Waals surface area contributed by atoms with Crippen molar-refractivity contribution in [3.05, 3.63) is 29.3 Å². The molecular weight excluding hydrogens is 262 g/mol. The summed E-state index contributed by atoms with van der Waals surface area (Å²) in [5.41, 5.74) is 2.20. The first-order valence-corrected chi connectivity index (χ1v) is 6.82. The number of carbonyl (C=O) groups is 2. The molecule has 3 amide bonds. The average Bonchev–Trinajstić information content (AvgIpc) is 2.82. The summed E-state index contributed by atoms with van der Waals surface area (Å²) >= 11 is 4.06. The normalized spacial score (nSPS) is 14.4. The lowest BCUT2D eigenvalue weighted by atomic mass is 10.1. The molecule has 5 nitrogen and oxygen atoms in total. The lowest BCUT2D eigenvalue weighted by molar-refractivity contribution is 0.0955. The molecule has 1 aromatic carbocycles. The van der Waals surface area contributed by atoms with Gasteiger partial charge in [0.15, 0.2) is 0 Å². The lowest BCUT2D eigenvalue weighted by Crippen LogP contribution is -2.30. The fourth-order valence-corrected chi connectivity index (χ4v) is 2.24. The predicted molar refractivity (Wildman–Crippen MR) is 78.1 cm³/mol. The van der Waals surface area contributed by atoms with Crippen LogP contribution in [0.4, 0.5) is 10.5 Å². The first kappa shape index (κ1) is 13.7. The first-order chi connectivity index (χ1) is 9.15. The van der Waals surface area contributed by atoms with E-state index >= 15 is 0 Å². The maximum Gasteiger partial charge on any atom is 0.322 e. The summed E-state index contributed by atoms with van der Waals surface area (Å²) in [5.74, 6) is 0.465. The third-order valence-corrected chi connectivity index (χ3v) is 3.32. The number of hydrogen-bond donors (Lipinski definition) is 3. The van der Waals surface area contributed by atoms with Crippen LogP contribution >= 0.6 is 12.6 Å². The Morgan fingerprint density at radius 2 is 2.32 bits per heavy atom. The van der Waals surface area contributed by atoms with Gasteiger partial charge in [-0.25, -0.2) is 4.79 Å². The molecule has 102 valence electrons. The van der Waals surface area contributed by atoms with Crippen LogP contribution in [0.2, 0.25) is 0 Å². The number of hydrogen-bond acceptors (Lipinski definition) is 3. The van der Waals surface area contributed by atoms with Crippen molar-refractivity contribution < 1.29 is 9.59 Å². The fraction of sp³-hybridized carbons (Fsp3) is 0.385. The van der Waals surface area contributed by atoms with Crippen molar-refractivity contribution in [3.8, 4) is 0 Å². The van der Waals surface area contributed by atoms with E-state index in [1.807, 2.05) is 13.0 Å². The second kappa shape index (κ2) is 5.97. The molecule has 1 fully saturated rings. The number of thiol groups is 1. The Morgan fingerprint density at radius 3 is 2.95 bits per heavy atom. The number of benzene rings is 1. The summed E-state index contributed by atoms with van der Waals surface area (Å²) in [7, 11) is 0. The molecule has 0 bridgehead atoms. The molecule has 0 radical (unpaired) electrons. The largest absolute Gasteiger partial charge is 0.351 e. The standard InChI is InChI=1S/C13H17N3O2S/c1-9-10(12(17)14-6-8-19)3-2-4-11(9)16-7-5-15-13(16)18/h2-4,19H,5-8H2,1H3,(H,14,17)(H,15,18). The molecule has 1 saturated heterocycles. The second-order valence-corrected chi connectivity index (χ2v) is 4.76. The topological polar surface area (TPSA) is 61.4 Å². The molecule has 1 aliphatic rings. The fourth-order valence-electron chi connectivity index (χ4n) is 2.13. The second-order valence-electron chi connectivity index (χ2n) is 4.31. The number of amides is 3. The van der Waals surface area contributed by atoms with Gasteiger partial charge in [-0.15, -0.1) is 0 Å². The minimum absolute atomic E-state index is 0.115. The van der Waals surface area contributed by atoms with Crippen molar-refractivity contribution in [2.24, 2.45) is 0 Å². The summed E-state index contributed by atoms with van der Waals surface area (Å²) < 4.78 is 0. The average molecular weight is 279 g/mol. The molecule has 0 aromatic heterocycles. The minimum Gasteiger partial charge on any atom is -0.351 e. The van der Waals surface area contributed by atoms with E-state index in [1.165, 1.54) is 0 Å². The van der Waals surface area contributed by atoms with Crippen LogP contribution in [0.5, 0.6) is 0 Å². The third-order valence-electron chi connectivity index (χ3n) is 3.09. The first-order valence-electron chi connectivity index (χ1n) is 6.19. The van der Waals surface area contributed by atoms with E-state index in [1.54, 1.807) is 17.0 Å². The zero-order valence-electron chi connectivity index (χ0n) is 10.8. The van der Waals surface area contributed by atoms with Crippen molar-refractivity contribution >= 4 is 30.3 Å². The van der Waals surface area contributed by atoms with E-state index < -0.39 is 0 Å². The maximum absolute atomic E-state index is 12.0. The molecule has 0 unspecified atom stereocenters. The van der Waals surface area contributed by atoms with Crippen LogP contribution in [-0.4, -0.2) is 37.3 Å². The van der Waals surface area contributed by atoms with Gasteiger partial charge in [0.05, 0.1) is 0 Å². The van der Waals surface area contributed by atoms with Gasteiger partial charge in [0, 0.05) is 36.6 Å². The molecule has 1 heterocycles. The van der Waals surface area contributed by atoms with Gasteiger partial charge in [0.25, 0.3) is 5.91 Å². The molecule has 0 spiro atoms. The highest BCUT2D eigenvalue weighted by atomic mass is 32.1. The van der Waals surface area contributed by atoms with Gasteiger partial charge in [0.2, 0.25) is 0 Å². The van der Waals surface area contributed by atoms with E-state index in [4.69, 9.17) is 0 Å². The zero-order chi connectivity index (χ0) is 13.8. The molecule has 0 atom stereocenters. The smallest absolute Gasteiger partial charge is 0.322 e. The van der Waals surface area contributed by atoms with Crippen LogP contribution in [0.1, 0.15) is 15.9 Å². The summed E-state index contributed by atoms with van der Waals surface area (Å²) in [5, 5.41) is 5.54. The van der Waals surface area contributed by atoms with E-state index in [9.17, 15) is 9.59 Å². The van der Waals surface area contributed by atoms with E-state index in [-0.39, 0.29) is 11.9 Å². The van der Waals surface area contributed by atoms with Crippen LogP contribution in [-0.2, 0) is 0 Å². The van der Waals surface area contributed by atoms with Gasteiger partial charge in [-0.2, -0.15) is 12.6 Å². The minimum atomic E-state index is -0.131. The van der Waals surface area contributed by atoms with Gasteiger partial charge in [-0.05, 0) is 24.6 Å². The Kier molecular flexibility index (Phi) is 4.31. The molecule has 2 rings (SSSR count). The Labute approximate surface area is 117 Å². The van der Waals surface area contributed by atoms with Gasteiger partial charge < -0.3 is 10.6 Å². The van der Waals surface area contributed by atoms with Crippen molar-refractivity contribution in [1.82, 2.24) is 10.6 Å². The van der Waals surface area contributed by atoms with Crippen molar-refractivity contribution in [2.75, 3.05) is 30.3 Å². The highest BCUT2D eigenvalue weighted by Gasteiger charge is 2.24. The Balaban J connectivity index is 2.27. The van der Waals surface area contributed by atoms with Gasteiger partial charge >= 0.3 is 6.03 Å². The molecule has 0 aliphatic carbocycles. The van der Waals surface area contributed by atoms with Crippen molar-refractivity contribution in [3.63, 3.8) is 0 Å². The van der Waals surface area contributed by atoms with E-state index in [0.29, 0.717) is 31.0 Å². The van der Waals surface area contributed by atoms with Crippen LogP contribution in [0.15, 0.2) is 18.2 Å². The highest BCUT2D eigenvalue weighted by molar-refractivity contribution is 7.80. The van der Waals surface area contributed by atoms with Crippen molar-refractivity contribution in [1.29, 1.82) is 0 Å². The molecular formula is C13H17N3O2S. The molecule has 2 N–H and O–H groups in total. The van der Waals surface area contributed by atoms with Crippen LogP contribution < -0.4 is 15.5 Å². The predicted octanol–water partition coefficient (Wildman–Crippen LogP) is 1.18. The summed E-state index contributed by atoms with van der Waals surface area (Å²) in [6.07, 6.45) is 0. The zero-order valence-corrected chi connectivity index (χ0v) is 11.7. The number of nitrogens with zero attached hydrogens (tertiary/aromatic N) is 1. The van der Waals surface area contributed by atoms with Gasteiger partial charge in [-0.3, -0.25) is 9.69 Å². The lowest BCUT2D eigenvalue weighted by Gasteiger charge is -2.18. The molecule has 1 aromatic rings. The number of rotatable bonds is 4. The Hall–Kier alpha value is -1.69. The van der Waals surface area contributed by atoms with Crippen molar-refractivity contribution in [2.45, 2.75) is 6.92 Å². The number of nitrogens with one attached hydrogen (secondary N) is 2. The molecule has 19 heavy (non-hydrogen) atoms. The summed E-state index contributed by atoms with van der Waals surface area (Å²) in [6.45, 7) is 3.64. The molecule has 1 aliphatic heterocycles. The highest BCUT2D eigenvalue weighted by Crippen LogP contribution is 2.24. The Bertz CT molecular complexity index is 505. The number of urea groups is 1. The quantitative estimate of drug-likeness (QED) is 0.725. The van der Waals surface area contributed by atoms with Crippen LogP contribution in [0.3, 0.4) is 0 Å². The maximum atomic E-state index is 12.0. The third kappa shape index (κ3) is 2.84. The number of carbonyl (C=O) groups excluding carboxylic acids is 2. The number of anilines is 1. The van der Waals surface area contributed by atoms with Crippen LogP contribution in [0, 0.1) is 6.92 Å². The Morgan fingerprint density at radius 1 is 1.53 bits per heavy atom. The summed E-state index contributed by atoms with van der Waals surface area (Å²) in [4.78, 5) is 25.4. The molecule has 0 saturated carbocycles. The summed E-state index contributed by atoms with van der Waals surface area (Å²) in [6, 6.07) is 5.30. The van der Waals surface area contributed by atoms with Crippen LogP contribution in [0.25, 0.3) is 0 Å².